The van der Waals surface area contributed by atoms with Gasteiger partial charge in [-0.3, -0.25) is 4.84 Å². The molecule has 0 aliphatic rings. The van der Waals surface area contributed by atoms with Crippen LogP contribution in [-0.4, -0.2) is 45.3 Å². The Morgan fingerprint density at radius 3 is 1.80 bits per heavy atom. The van der Waals surface area contributed by atoms with Crippen molar-refractivity contribution in [2.24, 2.45) is 0 Å². The minimum absolute atomic E-state index is 0.330. The minimum atomic E-state index is 0.330. The Morgan fingerprint density at radius 2 is 1.70 bits per heavy atom. The summed E-state index contributed by atoms with van der Waals surface area (Å²) in [5, 5.41) is 1.64. The minimum Gasteiger partial charge on any atom is -0.254 e. The Balaban J connectivity index is 4.02. The van der Waals surface area contributed by atoms with Crippen molar-refractivity contribution >= 4 is 0 Å². The van der Waals surface area contributed by atoms with E-state index in [4.69, 9.17) is 4.84 Å². The standard InChI is InChI=1S/C5H17N4O/c1-6-9(4,7-2)8(3)10-5/h6-7H,1-5H3/q+1. The van der Waals surface area contributed by atoms with Crippen LogP contribution in [0.5, 0.6) is 0 Å². The van der Waals surface area contributed by atoms with E-state index in [1.54, 1.807) is 12.3 Å². The summed E-state index contributed by atoms with van der Waals surface area (Å²) in [6.45, 7) is 0. The predicted octanol–water partition coefficient (Wildman–Crippen LogP) is -0.890. The van der Waals surface area contributed by atoms with Gasteiger partial charge in [-0.15, -0.1) is 10.9 Å². The van der Waals surface area contributed by atoms with E-state index in [1.807, 2.05) is 28.2 Å². The summed E-state index contributed by atoms with van der Waals surface area (Å²) in [7, 11) is 9.04. The van der Waals surface area contributed by atoms with Gasteiger partial charge in [0.15, 0.2) is 0 Å². The first kappa shape index (κ1) is 9.80. The molecule has 0 unspecified atom stereocenters. The summed E-state index contributed by atoms with van der Waals surface area (Å²) in [6, 6.07) is 0. The van der Waals surface area contributed by atoms with Crippen LogP contribution >= 0.6 is 0 Å². The number of nitrogens with zero attached hydrogens (tertiary/aromatic N) is 2. The fraction of sp³-hybridized carbons (Fsp3) is 1.00. The lowest BCUT2D eigenvalue weighted by molar-refractivity contribution is -1.12. The van der Waals surface area contributed by atoms with E-state index in [2.05, 4.69) is 10.9 Å². The summed E-state index contributed by atoms with van der Waals surface area (Å²) in [5.74, 6) is 0. The maximum atomic E-state index is 4.98. The zero-order valence-electron chi connectivity index (χ0n) is 7.30. The van der Waals surface area contributed by atoms with E-state index in [-0.39, 0.29) is 0 Å². The molecule has 10 heavy (non-hydrogen) atoms. The molecule has 0 heterocycles. The highest BCUT2D eigenvalue weighted by Crippen LogP contribution is 1.94. The Morgan fingerprint density at radius 1 is 1.30 bits per heavy atom. The first-order valence-electron chi connectivity index (χ1n) is 3.13. The molecule has 0 aromatic heterocycles. The van der Waals surface area contributed by atoms with E-state index in [1.165, 1.54) is 0 Å². The lowest BCUT2D eigenvalue weighted by Crippen LogP contribution is -2.68. The molecule has 62 valence electrons. The second-order valence-electron chi connectivity index (χ2n) is 2.05. The zero-order valence-corrected chi connectivity index (χ0v) is 7.30. The average Bonchev–Trinajstić information content (AvgIpc) is 2.01. The van der Waals surface area contributed by atoms with Crippen LogP contribution in [0.2, 0.25) is 0 Å². The van der Waals surface area contributed by atoms with Crippen molar-refractivity contribution in [3.63, 3.8) is 0 Å². The molecule has 0 spiro atoms. The first-order chi connectivity index (χ1) is 4.60. The van der Waals surface area contributed by atoms with Gasteiger partial charge < -0.3 is 0 Å². The summed E-state index contributed by atoms with van der Waals surface area (Å²) in [4.78, 5) is 5.31. The molecular formula is C5H17N4O+. The van der Waals surface area contributed by atoms with Crippen LogP contribution in [0.25, 0.3) is 0 Å². The Labute approximate surface area is 62.0 Å². The molecule has 0 atom stereocenters. The lowest BCUT2D eigenvalue weighted by atomic mass is 11.1. The molecule has 5 heteroatoms. The molecule has 0 amide bonds. The molecule has 0 fully saturated rings. The van der Waals surface area contributed by atoms with Crippen LogP contribution in [0.4, 0.5) is 0 Å². The van der Waals surface area contributed by atoms with Crippen molar-refractivity contribution in [2.45, 2.75) is 0 Å². The molecule has 0 bridgehead atoms. The second kappa shape index (κ2) is 3.85. The summed E-state index contributed by atoms with van der Waals surface area (Å²) < 4.78 is 0. The molecule has 0 saturated carbocycles. The molecule has 0 aromatic rings. The van der Waals surface area contributed by atoms with Gasteiger partial charge in [0.2, 0.25) is 0 Å². The fourth-order valence-corrected chi connectivity index (χ4v) is 0.557. The third-order valence-electron chi connectivity index (χ3n) is 1.70. The van der Waals surface area contributed by atoms with Crippen molar-refractivity contribution in [1.82, 2.24) is 16.0 Å². The lowest BCUT2D eigenvalue weighted by Gasteiger charge is -2.34. The van der Waals surface area contributed by atoms with Crippen LogP contribution < -0.4 is 10.9 Å². The average molecular weight is 149 g/mol. The number of hydrogen-bond donors (Lipinski definition) is 2. The number of nitrogens with one attached hydrogen (secondary N) is 2. The fourth-order valence-electron chi connectivity index (χ4n) is 0.557. The van der Waals surface area contributed by atoms with Gasteiger partial charge in [0.05, 0.1) is 14.2 Å². The van der Waals surface area contributed by atoms with Gasteiger partial charge in [-0.1, -0.05) is 4.81 Å². The Bertz CT molecular complexity index is 93.6. The number of quaternary nitrogens is 1. The molecule has 0 radical (unpaired) electrons. The van der Waals surface area contributed by atoms with Gasteiger partial charge in [-0.25, -0.2) is 0 Å². The van der Waals surface area contributed by atoms with Crippen LogP contribution in [0, 0.1) is 0 Å². The van der Waals surface area contributed by atoms with E-state index in [0.29, 0.717) is 4.81 Å². The quantitative estimate of drug-likeness (QED) is 0.401. The van der Waals surface area contributed by atoms with E-state index in [0.717, 1.165) is 0 Å². The molecule has 5 nitrogen and oxygen atoms in total. The highest BCUT2D eigenvalue weighted by molar-refractivity contribution is 4.03. The Kier molecular flexibility index (Phi) is 3.77. The maximum Gasteiger partial charge on any atom is 0.127 e. The predicted molar refractivity (Wildman–Crippen MR) is 39.1 cm³/mol. The monoisotopic (exact) mass is 149 g/mol. The van der Waals surface area contributed by atoms with E-state index in [9.17, 15) is 0 Å². The van der Waals surface area contributed by atoms with Crippen molar-refractivity contribution in [2.75, 3.05) is 35.3 Å². The topological polar surface area (TPSA) is 36.5 Å². The van der Waals surface area contributed by atoms with Gasteiger partial charge in [0.25, 0.3) is 0 Å². The largest absolute Gasteiger partial charge is 0.254 e. The highest BCUT2D eigenvalue weighted by Gasteiger charge is 2.24. The zero-order chi connectivity index (χ0) is 8.20. The third kappa shape index (κ3) is 1.89. The van der Waals surface area contributed by atoms with Gasteiger partial charge in [-0.2, -0.15) is 0 Å². The van der Waals surface area contributed by atoms with Crippen LogP contribution in [-0.2, 0) is 4.84 Å². The normalized spacial score (nSPS) is 12.6. The van der Waals surface area contributed by atoms with E-state index < -0.39 is 0 Å². The van der Waals surface area contributed by atoms with Crippen molar-refractivity contribution < 1.29 is 9.65 Å². The molecule has 0 saturated heterocycles. The number of rotatable bonds is 4. The highest BCUT2D eigenvalue weighted by atomic mass is 16.7. The molecule has 0 aromatic carbocycles. The Hall–Kier alpha value is -0.200. The molecular weight excluding hydrogens is 132 g/mol. The SMILES string of the molecule is CN[N+](C)(NC)N(C)OC. The van der Waals surface area contributed by atoms with Gasteiger partial charge >= 0.3 is 0 Å². The molecule has 0 aliphatic carbocycles. The maximum absolute atomic E-state index is 4.98. The summed E-state index contributed by atoms with van der Waals surface area (Å²) in [5.41, 5.74) is 6.01. The summed E-state index contributed by atoms with van der Waals surface area (Å²) >= 11 is 0. The smallest absolute Gasteiger partial charge is 0.127 e. The molecule has 0 rings (SSSR count). The molecule has 0 aliphatic heterocycles. The number of hydrogen-bond acceptors (Lipinski definition) is 4. The second-order valence-corrected chi connectivity index (χ2v) is 2.05. The first-order valence-corrected chi connectivity index (χ1v) is 3.13. The van der Waals surface area contributed by atoms with Crippen LogP contribution in [0.3, 0.4) is 0 Å². The van der Waals surface area contributed by atoms with Crippen LogP contribution in [0.15, 0.2) is 0 Å². The van der Waals surface area contributed by atoms with Gasteiger partial charge in [0, 0.05) is 19.3 Å². The van der Waals surface area contributed by atoms with Crippen LogP contribution in [0.1, 0.15) is 0 Å². The van der Waals surface area contributed by atoms with Crippen molar-refractivity contribution in [3.8, 4) is 0 Å². The van der Waals surface area contributed by atoms with Crippen molar-refractivity contribution in [1.29, 1.82) is 0 Å². The van der Waals surface area contributed by atoms with Gasteiger partial charge in [0.1, 0.15) is 7.05 Å². The van der Waals surface area contributed by atoms with E-state index >= 15 is 0 Å². The van der Waals surface area contributed by atoms with Crippen molar-refractivity contribution in [3.05, 3.63) is 0 Å². The molecule has 2 N–H and O–H groups in total. The summed E-state index contributed by atoms with van der Waals surface area (Å²) in [6.07, 6.45) is 0. The third-order valence-corrected chi connectivity index (χ3v) is 1.70. The number of hydroxylamine groups is 1. The van der Waals surface area contributed by atoms with Gasteiger partial charge in [-0.05, 0) is 0 Å².